The maximum absolute atomic E-state index is 11.4. The number of nitrogens with two attached hydrogens (primary N) is 1. The molecule has 0 radical (unpaired) electrons. The van der Waals surface area contributed by atoms with Crippen LogP contribution in [0.25, 0.3) is 11.0 Å². The van der Waals surface area contributed by atoms with Crippen molar-refractivity contribution in [3.8, 4) is 0 Å². The van der Waals surface area contributed by atoms with Crippen LogP contribution in [0.2, 0.25) is 0 Å². The molecule has 4 rings (SSSR count). The largest absolute Gasteiger partial charge is 0.369 e. The van der Waals surface area contributed by atoms with Gasteiger partial charge in [-0.05, 0) is 43.5 Å². The Morgan fingerprint density at radius 3 is 2.65 bits per heavy atom. The fourth-order valence-electron chi connectivity index (χ4n) is 3.85. The molecule has 7 nitrogen and oxygen atoms in total. The van der Waals surface area contributed by atoms with Gasteiger partial charge in [-0.3, -0.25) is 10.1 Å². The number of hydrogen-bond donors (Lipinski definition) is 1. The van der Waals surface area contributed by atoms with Gasteiger partial charge in [-0.2, -0.15) is 0 Å². The van der Waals surface area contributed by atoms with E-state index in [1.165, 1.54) is 0 Å². The summed E-state index contributed by atoms with van der Waals surface area (Å²) >= 11 is 0. The Hall–Kier alpha value is -3.09. The molecule has 0 spiro atoms. The number of rotatable bonds is 3. The Morgan fingerprint density at radius 2 is 1.92 bits per heavy atom. The molecule has 1 fully saturated rings. The number of anilines is 2. The number of fused-ring (bicyclic) bond motifs is 1. The molecule has 2 heterocycles. The lowest BCUT2D eigenvalue weighted by atomic mass is 10.0. The Labute approximate surface area is 151 Å². The first-order valence-electron chi connectivity index (χ1n) is 8.77. The zero-order valence-corrected chi connectivity index (χ0v) is 14.6. The number of imidazole rings is 1. The number of hydrogen-bond acceptors (Lipinski definition) is 5. The Kier molecular flexibility index (Phi) is 3.99. The number of nitro groups is 1. The summed E-state index contributed by atoms with van der Waals surface area (Å²) in [6.07, 6.45) is 1.74. The standard InChI is InChI=1S/C19H21N5O2/c1-13-6-7-17(24(25)26)18(12-13)22-10-8-14(9-11-22)23-16-5-3-2-4-15(16)21-19(23)20/h2-7,12,14H,8-11H2,1H3,(H2,20,21). The summed E-state index contributed by atoms with van der Waals surface area (Å²) in [4.78, 5) is 17.6. The second kappa shape index (κ2) is 6.33. The summed E-state index contributed by atoms with van der Waals surface area (Å²) in [6.45, 7) is 3.46. The van der Waals surface area contributed by atoms with E-state index in [0.29, 0.717) is 11.6 Å². The van der Waals surface area contributed by atoms with E-state index >= 15 is 0 Å². The third kappa shape index (κ3) is 2.75. The van der Waals surface area contributed by atoms with Crippen LogP contribution in [0.15, 0.2) is 42.5 Å². The van der Waals surface area contributed by atoms with Gasteiger partial charge >= 0.3 is 0 Å². The number of para-hydroxylation sites is 2. The molecular weight excluding hydrogens is 330 g/mol. The van der Waals surface area contributed by atoms with Crippen LogP contribution in [0.4, 0.5) is 17.3 Å². The van der Waals surface area contributed by atoms with Crippen molar-refractivity contribution in [2.24, 2.45) is 0 Å². The van der Waals surface area contributed by atoms with Gasteiger partial charge in [0.1, 0.15) is 5.69 Å². The fourth-order valence-corrected chi connectivity index (χ4v) is 3.85. The molecule has 1 aromatic heterocycles. The summed E-state index contributed by atoms with van der Waals surface area (Å²) in [6, 6.07) is 13.5. The van der Waals surface area contributed by atoms with E-state index in [-0.39, 0.29) is 16.7 Å². The Balaban J connectivity index is 1.59. The van der Waals surface area contributed by atoms with Gasteiger partial charge in [0.15, 0.2) is 0 Å². The highest BCUT2D eigenvalue weighted by molar-refractivity contribution is 5.78. The molecule has 0 unspecified atom stereocenters. The van der Waals surface area contributed by atoms with Crippen molar-refractivity contribution < 1.29 is 4.92 Å². The highest BCUT2D eigenvalue weighted by Crippen LogP contribution is 2.35. The molecule has 7 heteroatoms. The molecule has 3 aromatic rings. The number of nitrogens with zero attached hydrogens (tertiary/aromatic N) is 4. The van der Waals surface area contributed by atoms with Crippen molar-refractivity contribution >= 4 is 28.4 Å². The van der Waals surface area contributed by atoms with E-state index in [0.717, 1.165) is 42.5 Å². The summed E-state index contributed by atoms with van der Waals surface area (Å²) in [5, 5.41) is 11.4. The smallest absolute Gasteiger partial charge is 0.292 e. The second-order valence-corrected chi connectivity index (χ2v) is 6.80. The van der Waals surface area contributed by atoms with Gasteiger partial charge in [-0.15, -0.1) is 0 Å². The number of aryl methyl sites for hydroxylation is 1. The summed E-state index contributed by atoms with van der Waals surface area (Å²) in [7, 11) is 0. The minimum atomic E-state index is -0.303. The average Bonchev–Trinajstić information content (AvgIpc) is 2.97. The van der Waals surface area contributed by atoms with Gasteiger partial charge in [0.05, 0.1) is 16.0 Å². The number of piperidine rings is 1. The van der Waals surface area contributed by atoms with E-state index in [4.69, 9.17) is 5.73 Å². The monoisotopic (exact) mass is 351 g/mol. The Morgan fingerprint density at radius 1 is 1.19 bits per heavy atom. The molecule has 1 saturated heterocycles. The highest BCUT2D eigenvalue weighted by Gasteiger charge is 2.27. The van der Waals surface area contributed by atoms with Crippen LogP contribution in [-0.4, -0.2) is 27.6 Å². The number of nitrogen functional groups attached to an aromatic ring is 1. The molecular formula is C19H21N5O2. The number of aromatic nitrogens is 2. The second-order valence-electron chi connectivity index (χ2n) is 6.80. The summed E-state index contributed by atoms with van der Waals surface area (Å²) in [5.41, 5.74) is 10.0. The maximum Gasteiger partial charge on any atom is 0.292 e. The molecule has 0 atom stereocenters. The SMILES string of the molecule is Cc1ccc([N+](=O)[O-])c(N2CCC(n3c(N)nc4ccccc43)CC2)c1. The molecule has 1 aliphatic heterocycles. The quantitative estimate of drug-likeness (QED) is 0.574. The number of nitro benzene ring substituents is 1. The van der Waals surface area contributed by atoms with Gasteiger partial charge in [-0.1, -0.05) is 18.2 Å². The summed E-state index contributed by atoms with van der Waals surface area (Å²) < 4.78 is 2.11. The van der Waals surface area contributed by atoms with Crippen molar-refractivity contribution in [3.05, 3.63) is 58.1 Å². The van der Waals surface area contributed by atoms with Gasteiger partial charge in [0, 0.05) is 25.2 Å². The van der Waals surface area contributed by atoms with Crippen molar-refractivity contribution in [3.63, 3.8) is 0 Å². The van der Waals surface area contributed by atoms with Crippen LogP contribution < -0.4 is 10.6 Å². The van der Waals surface area contributed by atoms with Crippen LogP contribution in [0.3, 0.4) is 0 Å². The van der Waals surface area contributed by atoms with Crippen molar-refractivity contribution in [2.75, 3.05) is 23.7 Å². The summed E-state index contributed by atoms with van der Waals surface area (Å²) in [5.74, 6) is 0.534. The van der Waals surface area contributed by atoms with E-state index in [1.54, 1.807) is 12.1 Å². The highest BCUT2D eigenvalue weighted by atomic mass is 16.6. The van der Waals surface area contributed by atoms with Crippen LogP contribution in [-0.2, 0) is 0 Å². The first-order valence-corrected chi connectivity index (χ1v) is 8.77. The minimum absolute atomic E-state index is 0.168. The molecule has 1 aliphatic rings. The van der Waals surface area contributed by atoms with E-state index in [2.05, 4.69) is 14.5 Å². The lowest BCUT2D eigenvalue weighted by Crippen LogP contribution is -2.35. The van der Waals surface area contributed by atoms with Gasteiger partial charge in [0.2, 0.25) is 5.95 Å². The number of benzene rings is 2. The molecule has 0 aliphatic carbocycles. The first kappa shape index (κ1) is 16.4. The van der Waals surface area contributed by atoms with Gasteiger partial charge < -0.3 is 15.2 Å². The fraction of sp³-hybridized carbons (Fsp3) is 0.316. The molecule has 0 bridgehead atoms. The third-order valence-electron chi connectivity index (χ3n) is 5.12. The van der Waals surface area contributed by atoms with Gasteiger partial charge in [-0.25, -0.2) is 4.98 Å². The molecule has 26 heavy (non-hydrogen) atoms. The van der Waals surface area contributed by atoms with Crippen LogP contribution in [0.5, 0.6) is 0 Å². The predicted molar refractivity (Wildman–Crippen MR) is 102 cm³/mol. The van der Waals surface area contributed by atoms with Crippen molar-refractivity contribution in [1.82, 2.24) is 9.55 Å². The maximum atomic E-state index is 11.4. The topological polar surface area (TPSA) is 90.2 Å². The normalized spacial score (nSPS) is 15.5. The molecule has 0 amide bonds. The van der Waals surface area contributed by atoms with Crippen LogP contribution in [0, 0.1) is 17.0 Å². The van der Waals surface area contributed by atoms with Crippen LogP contribution >= 0.6 is 0 Å². The van der Waals surface area contributed by atoms with E-state index in [9.17, 15) is 10.1 Å². The first-order chi connectivity index (χ1) is 12.5. The van der Waals surface area contributed by atoms with Gasteiger partial charge in [0.25, 0.3) is 5.69 Å². The van der Waals surface area contributed by atoms with E-state index < -0.39 is 0 Å². The zero-order chi connectivity index (χ0) is 18.3. The molecule has 134 valence electrons. The molecule has 2 N–H and O–H groups in total. The predicted octanol–water partition coefficient (Wildman–Crippen LogP) is 3.68. The third-order valence-corrected chi connectivity index (χ3v) is 5.12. The van der Waals surface area contributed by atoms with Crippen molar-refractivity contribution in [2.45, 2.75) is 25.8 Å². The molecule has 0 saturated carbocycles. The minimum Gasteiger partial charge on any atom is -0.369 e. The lowest BCUT2D eigenvalue weighted by Gasteiger charge is -2.34. The lowest BCUT2D eigenvalue weighted by molar-refractivity contribution is -0.384. The van der Waals surface area contributed by atoms with Crippen molar-refractivity contribution in [1.29, 1.82) is 0 Å². The van der Waals surface area contributed by atoms with E-state index in [1.807, 2.05) is 37.3 Å². The zero-order valence-electron chi connectivity index (χ0n) is 14.6. The average molecular weight is 351 g/mol. The van der Waals surface area contributed by atoms with Crippen LogP contribution in [0.1, 0.15) is 24.4 Å². The Bertz CT molecular complexity index is 973. The molecule has 2 aromatic carbocycles.